The van der Waals surface area contributed by atoms with Gasteiger partial charge in [0, 0.05) is 22.0 Å². The number of amides is 1. The van der Waals surface area contributed by atoms with Crippen LogP contribution in [0.25, 0.3) is 0 Å². The lowest BCUT2D eigenvalue weighted by Gasteiger charge is -2.02. The van der Waals surface area contributed by atoms with Crippen molar-refractivity contribution in [2.45, 2.75) is 4.90 Å². The van der Waals surface area contributed by atoms with Crippen LogP contribution in [0.1, 0.15) is 10.4 Å². The highest BCUT2D eigenvalue weighted by molar-refractivity contribution is 7.98. The number of nitrogens with one attached hydrogen (secondary N) is 1. The summed E-state index contributed by atoms with van der Waals surface area (Å²) in [6.07, 6.45) is 3.67. The van der Waals surface area contributed by atoms with E-state index in [0.717, 1.165) is 4.90 Å². The van der Waals surface area contributed by atoms with Crippen LogP contribution in [0.2, 0.25) is 0 Å². The molecule has 2 aromatic rings. The van der Waals surface area contributed by atoms with Crippen molar-refractivity contribution in [3.05, 3.63) is 41.4 Å². The van der Waals surface area contributed by atoms with Gasteiger partial charge >= 0.3 is 0 Å². The van der Waals surface area contributed by atoms with Gasteiger partial charge in [0.1, 0.15) is 0 Å². The SMILES string of the molecule is CSc1ccc(C(=O)Nc2nccs2)cc1. The minimum absolute atomic E-state index is 0.123. The summed E-state index contributed by atoms with van der Waals surface area (Å²) in [5, 5.41) is 5.19. The number of aromatic nitrogens is 1. The summed E-state index contributed by atoms with van der Waals surface area (Å²) >= 11 is 3.06. The topological polar surface area (TPSA) is 42.0 Å². The van der Waals surface area contributed by atoms with Gasteiger partial charge in [-0.05, 0) is 30.5 Å². The van der Waals surface area contributed by atoms with E-state index in [0.29, 0.717) is 10.7 Å². The lowest BCUT2D eigenvalue weighted by atomic mass is 10.2. The zero-order chi connectivity index (χ0) is 11.4. The van der Waals surface area contributed by atoms with Crippen LogP contribution >= 0.6 is 23.1 Å². The molecule has 0 aliphatic heterocycles. The van der Waals surface area contributed by atoms with E-state index in [1.807, 2.05) is 35.9 Å². The Kier molecular flexibility index (Phi) is 3.58. The first-order valence-electron chi connectivity index (χ1n) is 4.64. The van der Waals surface area contributed by atoms with E-state index in [9.17, 15) is 4.79 Å². The molecule has 2 rings (SSSR count). The Hall–Kier alpha value is -1.33. The van der Waals surface area contributed by atoms with Crippen LogP contribution in [-0.4, -0.2) is 17.1 Å². The van der Waals surface area contributed by atoms with Crippen molar-refractivity contribution in [1.29, 1.82) is 0 Å². The molecule has 0 aliphatic carbocycles. The van der Waals surface area contributed by atoms with Gasteiger partial charge in [-0.15, -0.1) is 23.1 Å². The second kappa shape index (κ2) is 5.14. The minimum Gasteiger partial charge on any atom is -0.298 e. The van der Waals surface area contributed by atoms with Crippen molar-refractivity contribution in [3.63, 3.8) is 0 Å². The zero-order valence-corrected chi connectivity index (χ0v) is 10.3. The van der Waals surface area contributed by atoms with Crippen molar-refractivity contribution in [2.24, 2.45) is 0 Å². The Morgan fingerprint density at radius 1 is 1.38 bits per heavy atom. The Balaban J connectivity index is 2.09. The highest BCUT2D eigenvalue weighted by Crippen LogP contribution is 2.16. The number of carbonyl (C=O) groups is 1. The van der Waals surface area contributed by atoms with Gasteiger partial charge in [-0.25, -0.2) is 4.98 Å². The molecular weight excluding hydrogens is 240 g/mol. The number of hydrogen-bond donors (Lipinski definition) is 1. The predicted octanol–water partition coefficient (Wildman–Crippen LogP) is 3.12. The van der Waals surface area contributed by atoms with E-state index < -0.39 is 0 Å². The third-order valence-electron chi connectivity index (χ3n) is 2.00. The fourth-order valence-corrected chi connectivity index (χ4v) is 2.13. The Bertz CT molecular complexity index is 465. The Labute approximate surface area is 102 Å². The lowest BCUT2D eigenvalue weighted by molar-refractivity contribution is 0.102. The van der Waals surface area contributed by atoms with Gasteiger partial charge < -0.3 is 0 Å². The van der Waals surface area contributed by atoms with E-state index in [1.54, 1.807) is 18.0 Å². The van der Waals surface area contributed by atoms with E-state index in [-0.39, 0.29) is 5.91 Å². The van der Waals surface area contributed by atoms with E-state index in [2.05, 4.69) is 10.3 Å². The quantitative estimate of drug-likeness (QED) is 0.851. The second-order valence-corrected chi connectivity index (χ2v) is 4.79. The number of rotatable bonds is 3. The molecule has 0 saturated heterocycles. The highest BCUT2D eigenvalue weighted by Gasteiger charge is 2.06. The number of anilines is 1. The molecule has 0 aliphatic rings. The second-order valence-electron chi connectivity index (χ2n) is 3.02. The van der Waals surface area contributed by atoms with Crippen molar-refractivity contribution in [1.82, 2.24) is 4.98 Å². The molecule has 5 heteroatoms. The zero-order valence-electron chi connectivity index (χ0n) is 8.64. The van der Waals surface area contributed by atoms with Gasteiger partial charge in [0.2, 0.25) is 0 Å². The molecule has 1 N–H and O–H groups in total. The summed E-state index contributed by atoms with van der Waals surface area (Å²) in [4.78, 5) is 16.9. The average Bonchev–Trinajstić information content (AvgIpc) is 2.82. The van der Waals surface area contributed by atoms with Gasteiger partial charge in [0.05, 0.1) is 0 Å². The van der Waals surface area contributed by atoms with Crippen molar-refractivity contribution in [2.75, 3.05) is 11.6 Å². The van der Waals surface area contributed by atoms with Crippen LogP contribution in [-0.2, 0) is 0 Å². The molecule has 16 heavy (non-hydrogen) atoms. The smallest absolute Gasteiger partial charge is 0.257 e. The maximum Gasteiger partial charge on any atom is 0.257 e. The van der Waals surface area contributed by atoms with Crippen LogP contribution < -0.4 is 5.32 Å². The van der Waals surface area contributed by atoms with Crippen molar-refractivity contribution in [3.8, 4) is 0 Å². The van der Waals surface area contributed by atoms with E-state index in [1.165, 1.54) is 11.3 Å². The van der Waals surface area contributed by atoms with E-state index in [4.69, 9.17) is 0 Å². The lowest BCUT2D eigenvalue weighted by Crippen LogP contribution is -2.11. The molecule has 0 saturated carbocycles. The maximum absolute atomic E-state index is 11.8. The maximum atomic E-state index is 11.8. The van der Waals surface area contributed by atoms with Crippen LogP contribution in [0.15, 0.2) is 40.7 Å². The summed E-state index contributed by atoms with van der Waals surface area (Å²) in [5.74, 6) is -0.123. The molecule has 3 nitrogen and oxygen atoms in total. The van der Waals surface area contributed by atoms with Gasteiger partial charge in [0.25, 0.3) is 5.91 Å². The fourth-order valence-electron chi connectivity index (χ4n) is 1.20. The largest absolute Gasteiger partial charge is 0.298 e. The van der Waals surface area contributed by atoms with Crippen molar-refractivity contribution < 1.29 is 4.79 Å². The predicted molar refractivity (Wildman–Crippen MR) is 68.3 cm³/mol. The van der Waals surface area contributed by atoms with Gasteiger partial charge in [-0.2, -0.15) is 0 Å². The number of carbonyl (C=O) groups excluding carboxylic acids is 1. The number of benzene rings is 1. The average molecular weight is 250 g/mol. The molecule has 0 bridgehead atoms. The summed E-state index contributed by atoms with van der Waals surface area (Å²) < 4.78 is 0. The summed E-state index contributed by atoms with van der Waals surface area (Å²) in [7, 11) is 0. The molecule has 1 aromatic heterocycles. The van der Waals surface area contributed by atoms with Crippen LogP contribution in [0.4, 0.5) is 5.13 Å². The standard InChI is InChI=1S/C11H10N2OS2/c1-15-9-4-2-8(3-5-9)10(14)13-11-12-6-7-16-11/h2-7H,1H3,(H,12,13,14). The first kappa shape index (κ1) is 11.2. The Morgan fingerprint density at radius 2 is 2.12 bits per heavy atom. The number of nitrogens with zero attached hydrogens (tertiary/aromatic N) is 1. The molecule has 0 unspecified atom stereocenters. The third-order valence-corrected chi connectivity index (χ3v) is 3.44. The van der Waals surface area contributed by atoms with Gasteiger partial charge in [-0.1, -0.05) is 0 Å². The highest BCUT2D eigenvalue weighted by atomic mass is 32.2. The van der Waals surface area contributed by atoms with Crippen LogP contribution in [0.3, 0.4) is 0 Å². The van der Waals surface area contributed by atoms with Crippen LogP contribution in [0.5, 0.6) is 0 Å². The molecule has 1 heterocycles. The number of thioether (sulfide) groups is 1. The first-order valence-corrected chi connectivity index (χ1v) is 6.75. The first-order chi connectivity index (χ1) is 7.79. The summed E-state index contributed by atoms with van der Waals surface area (Å²) in [6, 6.07) is 7.49. The Morgan fingerprint density at radius 3 is 2.69 bits per heavy atom. The van der Waals surface area contributed by atoms with E-state index >= 15 is 0 Å². The minimum atomic E-state index is -0.123. The molecule has 82 valence electrons. The fraction of sp³-hybridized carbons (Fsp3) is 0.0909. The van der Waals surface area contributed by atoms with Crippen molar-refractivity contribution >= 4 is 34.1 Å². The monoisotopic (exact) mass is 250 g/mol. The molecule has 1 amide bonds. The summed E-state index contributed by atoms with van der Waals surface area (Å²) in [5.41, 5.74) is 0.646. The molecule has 0 atom stereocenters. The number of thiazole rings is 1. The third kappa shape index (κ3) is 2.62. The normalized spacial score (nSPS) is 10.1. The molecular formula is C11H10N2OS2. The molecule has 0 fully saturated rings. The number of hydrogen-bond acceptors (Lipinski definition) is 4. The van der Waals surface area contributed by atoms with Gasteiger partial charge in [-0.3, -0.25) is 10.1 Å². The molecule has 0 radical (unpaired) electrons. The van der Waals surface area contributed by atoms with Gasteiger partial charge in [0.15, 0.2) is 5.13 Å². The molecule has 1 aromatic carbocycles. The summed E-state index contributed by atoms with van der Waals surface area (Å²) in [6.45, 7) is 0. The van der Waals surface area contributed by atoms with Crippen LogP contribution in [0, 0.1) is 0 Å². The molecule has 0 spiro atoms.